The molecular weight excluding hydrogens is 253 g/mol. The largest absolute Gasteiger partial charge is 0.330 e. The van der Waals surface area contributed by atoms with Gasteiger partial charge in [0.15, 0.2) is 0 Å². The van der Waals surface area contributed by atoms with E-state index in [1.807, 2.05) is 0 Å². The predicted molar refractivity (Wildman–Crippen MR) is 66.0 cm³/mol. The van der Waals surface area contributed by atoms with Crippen LogP contribution in [0.15, 0.2) is 18.2 Å². The number of halogens is 2. The second kappa shape index (κ2) is 6.65. The Morgan fingerprint density at radius 2 is 2.12 bits per heavy atom. The molecular formula is C9H13Cl2N3O2. The quantitative estimate of drug-likeness (QED) is 0.643. The molecule has 5 nitrogen and oxygen atoms in total. The Kier molecular flexibility index (Phi) is 6.28. The third-order valence-electron chi connectivity index (χ3n) is 2.07. The van der Waals surface area contributed by atoms with Crippen molar-refractivity contribution in [1.82, 2.24) is 0 Å². The molecule has 0 heterocycles. The monoisotopic (exact) mass is 265 g/mol. The summed E-state index contributed by atoms with van der Waals surface area (Å²) in [6, 6.07) is 4.26. The smallest absolute Gasteiger partial charge is 0.288 e. The minimum atomic E-state index is -0.527. The Hall–Kier alpha value is -0.880. The molecule has 0 fully saturated rings. The first-order valence-electron chi connectivity index (χ1n) is 4.45. The first kappa shape index (κ1) is 15.1. The number of nitrogens with two attached hydrogens (primary N) is 2. The van der Waals surface area contributed by atoms with Gasteiger partial charge in [-0.15, -0.1) is 12.4 Å². The number of hydrogen-bond acceptors (Lipinski definition) is 4. The van der Waals surface area contributed by atoms with Gasteiger partial charge in [-0.3, -0.25) is 10.1 Å². The molecule has 0 radical (unpaired) electrons. The van der Waals surface area contributed by atoms with E-state index in [-0.39, 0.29) is 29.2 Å². The Morgan fingerprint density at radius 3 is 2.62 bits per heavy atom. The molecule has 0 aromatic heterocycles. The van der Waals surface area contributed by atoms with E-state index in [2.05, 4.69) is 0 Å². The van der Waals surface area contributed by atoms with E-state index < -0.39 is 4.92 Å². The fourth-order valence-electron chi connectivity index (χ4n) is 1.25. The minimum absolute atomic E-state index is 0. The summed E-state index contributed by atoms with van der Waals surface area (Å²) in [6.45, 7) is 0.442. The molecule has 0 saturated carbocycles. The van der Waals surface area contributed by atoms with Crippen LogP contribution < -0.4 is 11.5 Å². The zero-order valence-corrected chi connectivity index (χ0v) is 10.0. The van der Waals surface area contributed by atoms with Crippen molar-refractivity contribution in [2.24, 2.45) is 11.5 Å². The van der Waals surface area contributed by atoms with Crippen LogP contribution in [-0.4, -0.2) is 11.5 Å². The van der Waals surface area contributed by atoms with Crippen LogP contribution >= 0.6 is 24.0 Å². The van der Waals surface area contributed by atoms with E-state index in [4.69, 9.17) is 23.1 Å². The SMILES string of the molecule is Cl.NCC[C@H](N)c1ccc(Cl)c([N+](=O)[O-])c1. The molecule has 16 heavy (non-hydrogen) atoms. The second-order valence-electron chi connectivity index (χ2n) is 3.15. The molecule has 1 aromatic rings. The Bertz CT molecular complexity index is 374. The molecule has 7 heteroatoms. The molecule has 0 aliphatic rings. The second-order valence-corrected chi connectivity index (χ2v) is 3.56. The summed E-state index contributed by atoms with van der Waals surface area (Å²) >= 11 is 5.67. The number of rotatable bonds is 4. The number of nitrogens with zero attached hydrogens (tertiary/aromatic N) is 1. The van der Waals surface area contributed by atoms with E-state index in [1.165, 1.54) is 12.1 Å². The van der Waals surface area contributed by atoms with Gasteiger partial charge in [-0.2, -0.15) is 0 Å². The van der Waals surface area contributed by atoms with Gasteiger partial charge in [0.1, 0.15) is 5.02 Å². The summed E-state index contributed by atoms with van der Waals surface area (Å²) in [7, 11) is 0. The van der Waals surface area contributed by atoms with E-state index >= 15 is 0 Å². The van der Waals surface area contributed by atoms with Crippen LogP contribution in [0.2, 0.25) is 5.02 Å². The van der Waals surface area contributed by atoms with Crippen LogP contribution in [0.3, 0.4) is 0 Å². The maximum Gasteiger partial charge on any atom is 0.288 e. The summed E-state index contributed by atoms with van der Waals surface area (Å²) in [6.07, 6.45) is 0.582. The van der Waals surface area contributed by atoms with Gasteiger partial charge < -0.3 is 11.5 Å². The number of benzene rings is 1. The van der Waals surface area contributed by atoms with Gasteiger partial charge >= 0.3 is 0 Å². The summed E-state index contributed by atoms with van der Waals surface area (Å²) in [4.78, 5) is 10.1. The maximum atomic E-state index is 10.6. The Labute approximate surface area is 104 Å². The summed E-state index contributed by atoms with van der Waals surface area (Å²) in [5.41, 5.74) is 11.7. The van der Waals surface area contributed by atoms with Gasteiger partial charge in [0.2, 0.25) is 0 Å². The van der Waals surface area contributed by atoms with E-state index in [9.17, 15) is 10.1 Å². The Morgan fingerprint density at radius 1 is 1.50 bits per heavy atom. The van der Waals surface area contributed by atoms with Crippen molar-refractivity contribution < 1.29 is 4.92 Å². The average molecular weight is 266 g/mol. The molecule has 0 bridgehead atoms. The molecule has 1 atom stereocenters. The first-order chi connectivity index (χ1) is 7.06. The molecule has 0 aliphatic carbocycles. The number of hydrogen-bond donors (Lipinski definition) is 2. The lowest BCUT2D eigenvalue weighted by atomic mass is 10.0. The van der Waals surface area contributed by atoms with Crippen molar-refractivity contribution in [2.75, 3.05) is 6.54 Å². The van der Waals surface area contributed by atoms with Crippen LogP contribution in [0.1, 0.15) is 18.0 Å². The van der Waals surface area contributed by atoms with Crippen molar-refractivity contribution in [3.8, 4) is 0 Å². The van der Waals surface area contributed by atoms with Gasteiger partial charge in [0, 0.05) is 12.1 Å². The van der Waals surface area contributed by atoms with Gasteiger partial charge in [0.05, 0.1) is 4.92 Å². The van der Waals surface area contributed by atoms with Crippen LogP contribution in [0.4, 0.5) is 5.69 Å². The maximum absolute atomic E-state index is 10.6. The number of nitro benzene ring substituents is 1. The fraction of sp³-hybridized carbons (Fsp3) is 0.333. The van der Waals surface area contributed by atoms with Gasteiger partial charge in [-0.1, -0.05) is 17.7 Å². The van der Waals surface area contributed by atoms with Gasteiger partial charge in [-0.05, 0) is 24.6 Å². The summed E-state index contributed by atoms with van der Waals surface area (Å²) in [5, 5.41) is 10.7. The lowest BCUT2D eigenvalue weighted by molar-refractivity contribution is -0.384. The molecule has 90 valence electrons. The fourth-order valence-corrected chi connectivity index (χ4v) is 1.43. The third kappa shape index (κ3) is 3.61. The molecule has 0 spiro atoms. The highest BCUT2D eigenvalue weighted by Gasteiger charge is 2.15. The molecule has 0 unspecified atom stereocenters. The van der Waals surface area contributed by atoms with Crippen molar-refractivity contribution in [3.63, 3.8) is 0 Å². The first-order valence-corrected chi connectivity index (χ1v) is 4.83. The van der Waals surface area contributed by atoms with Gasteiger partial charge in [0.25, 0.3) is 5.69 Å². The van der Waals surface area contributed by atoms with Crippen LogP contribution in [0, 0.1) is 10.1 Å². The van der Waals surface area contributed by atoms with Crippen LogP contribution in [0.5, 0.6) is 0 Å². The third-order valence-corrected chi connectivity index (χ3v) is 2.39. The van der Waals surface area contributed by atoms with E-state index in [0.29, 0.717) is 18.5 Å². The molecule has 4 N–H and O–H groups in total. The lowest BCUT2D eigenvalue weighted by Crippen LogP contribution is -2.15. The number of nitro groups is 1. The van der Waals surface area contributed by atoms with Crippen molar-refractivity contribution in [1.29, 1.82) is 0 Å². The standard InChI is InChI=1S/C9H12ClN3O2.ClH/c10-7-2-1-6(8(12)3-4-11)5-9(7)13(14)15;/h1-2,5,8H,3-4,11-12H2;1H/t8-;/m0./s1. The summed E-state index contributed by atoms with van der Waals surface area (Å²) in [5.74, 6) is 0. The van der Waals surface area contributed by atoms with Crippen molar-refractivity contribution in [2.45, 2.75) is 12.5 Å². The highest BCUT2D eigenvalue weighted by molar-refractivity contribution is 6.32. The molecule has 1 aromatic carbocycles. The van der Waals surface area contributed by atoms with Crippen LogP contribution in [-0.2, 0) is 0 Å². The highest BCUT2D eigenvalue weighted by atomic mass is 35.5. The van der Waals surface area contributed by atoms with E-state index in [0.717, 1.165) is 0 Å². The minimum Gasteiger partial charge on any atom is -0.330 e. The van der Waals surface area contributed by atoms with Gasteiger partial charge in [-0.25, -0.2) is 0 Å². The highest BCUT2D eigenvalue weighted by Crippen LogP contribution is 2.27. The average Bonchev–Trinajstić information content (AvgIpc) is 2.18. The zero-order valence-electron chi connectivity index (χ0n) is 8.43. The molecule has 1 rings (SSSR count). The topological polar surface area (TPSA) is 95.2 Å². The van der Waals surface area contributed by atoms with E-state index in [1.54, 1.807) is 6.07 Å². The molecule has 0 amide bonds. The van der Waals surface area contributed by atoms with Crippen molar-refractivity contribution >= 4 is 29.7 Å². The predicted octanol–water partition coefficient (Wildman–Crippen LogP) is 2.02. The molecule has 0 aliphatic heterocycles. The normalized spacial score (nSPS) is 11.7. The Balaban J connectivity index is 0.00000225. The lowest BCUT2D eigenvalue weighted by Gasteiger charge is -2.10. The molecule has 0 saturated heterocycles. The zero-order chi connectivity index (χ0) is 11.4. The van der Waals surface area contributed by atoms with Crippen molar-refractivity contribution in [3.05, 3.63) is 38.9 Å². The summed E-state index contributed by atoms with van der Waals surface area (Å²) < 4.78 is 0. The van der Waals surface area contributed by atoms with Crippen LogP contribution in [0.25, 0.3) is 0 Å².